The molecule has 3 rings (SSSR count). The summed E-state index contributed by atoms with van der Waals surface area (Å²) >= 11 is 1.95. The molecule has 0 radical (unpaired) electrons. The fourth-order valence-electron chi connectivity index (χ4n) is 2.88. The van der Waals surface area contributed by atoms with Gasteiger partial charge in [-0.15, -0.1) is 0 Å². The van der Waals surface area contributed by atoms with Gasteiger partial charge in [0.1, 0.15) is 0 Å². The van der Waals surface area contributed by atoms with Gasteiger partial charge in [0.25, 0.3) is 0 Å². The molecule has 0 bridgehead atoms. The number of aliphatic imine (C=N–C) groups is 1. The predicted octanol–water partition coefficient (Wildman–Crippen LogP) is 3.18. The second kappa shape index (κ2) is 4.59. The first-order valence-corrected chi connectivity index (χ1v) is 7.80. The van der Waals surface area contributed by atoms with Crippen LogP contribution in [0.1, 0.15) is 51.4 Å². The Morgan fingerprint density at radius 1 is 1.31 bits per heavy atom. The minimum atomic E-state index is 0.444. The third-order valence-electron chi connectivity index (χ3n) is 4.14. The molecule has 90 valence electrons. The van der Waals surface area contributed by atoms with E-state index in [1.807, 2.05) is 11.8 Å². The van der Waals surface area contributed by atoms with Gasteiger partial charge in [-0.2, -0.15) is 0 Å². The van der Waals surface area contributed by atoms with E-state index in [1.165, 1.54) is 62.3 Å². The molecule has 1 heterocycles. The maximum Gasteiger partial charge on any atom is 0.157 e. The van der Waals surface area contributed by atoms with Crippen LogP contribution in [0.3, 0.4) is 0 Å². The van der Waals surface area contributed by atoms with Crippen LogP contribution < -0.4 is 5.32 Å². The summed E-state index contributed by atoms with van der Waals surface area (Å²) in [7, 11) is 0. The smallest absolute Gasteiger partial charge is 0.157 e. The topological polar surface area (TPSA) is 24.4 Å². The number of amidine groups is 1. The van der Waals surface area contributed by atoms with Crippen LogP contribution >= 0.6 is 11.8 Å². The normalized spacial score (nSPS) is 30.1. The lowest BCUT2D eigenvalue weighted by Crippen LogP contribution is -2.40. The molecule has 0 aromatic heterocycles. The number of hydrogen-bond acceptors (Lipinski definition) is 2. The molecule has 1 N–H and O–H groups in total. The molecule has 3 heteroatoms. The summed E-state index contributed by atoms with van der Waals surface area (Å²) < 4.78 is 0. The largest absolute Gasteiger partial charge is 0.359 e. The minimum absolute atomic E-state index is 0.444. The van der Waals surface area contributed by atoms with Crippen molar-refractivity contribution in [2.75, 3.05) is 12.3 Å². The van der Waals surface area contributed by atoms with Crippen LogP contribution in [0.4, 0.5) is 0 Å². The SMILES string of the molecule is C(CN=C1NC2(CCCC2)CS1)CC1CC1. The Bertz CT molecular complexity index is 278. The van der Waals surface area contributed by atoms with Gasteiger partial charge in [-0.3, -0.25) is 4.99 Å². The third kappa shape index (κ3) is 2.55. The zero-order valence-electron chi connectivity index (χ0n) is 10.0. The lowest BCUT2D eigenvalue weighted by Gasteiger charge is -2.21. The first kappa shape index (κ1) is 10.9. The molecule has 0 aromatic carbocycles. The van der Waals surface area contributed by atoms with Gasteiger partial charge in [-0.25, -0.2) is 0 Å². The molecule has 1 aliphatic heterocycles. The van der Waals surface area contributed by atoms with E-state index in [0.29, 0.717) is 5.54 Å². The molecular formula is C13H22N2S. The molecule has 0 aromatic rings. The number of thioether (sulfide) groups is 1. The van der Waals surface area contributed by atoms with E-state index in [9.17, 15) is 0 Å². The van der Waals surface area contributed by atoms with Crippen molar-refractivity contribution in [2.45, 2.75) is 56.9 Å². The first-order chi connectivity index (χ1) is 7.86. The van der Waals surface area contributed by atoms with Gasteiger partial charge in [-0.1, -0.05) is 37.4 Å². The van der Waals surface area contributed by atoms with Crippen LogP contribution in [0, 0.1) is 5.92 Å². The highest BCUT2D eigenvalue weighted by Gasteiger charge is 2.39. The maximum atomic E-state index is 4.71. The molecule has 2 nitrogen and oxygen atoms in total. The van der Waals surface area contributed by atoms with Crippen LogP contribution in [-0.4, -0.2) is 23.0 Å². The second-order valence-corrected chi connectivity index (χ2v) is 6.64. The minimum Gasteiger partial charge on any atom is -0.359 e. The van der Waals surface area contributed by atoms with Gasteiger partial charge in [0, 0.05) is 17.8 Å². The van der Waals surface area contributed by atoms with E-state index in [2.05, 4.69) is 5.32 Å². The van der Waals surface area contributed by atoms with Crippen molar-refractivity contribution in [3.8, 4) is 0 Å². The molecule has 2 aliphatic carbocycles. The monoisotopic (exact) mass is 238 g/mol. The Hall–Kier alpha value is -0.180. The standard InChI is InChI=1S/C13H22N2S/c1-2-8-13(7-1)10-16-12(15-13)14-9-3-4-11-5-6-11/h11H,1-10H2,(H,14,15). The summed E-state index contributed by atoms with van der Waals surface area (Å²) in [6, 6.07) is 0. The van der Waals surface area contributed by atoms with Gasteiger partial charge in [0.05, 0.1) is 0 Å². The second-order valence-electron chi connectivity index (χ2n) is 5.67. The highest BCUT2D eigenvalue weighted by molar-refractivity contribution is 8.14. The molecule has 1 saturated heterocycles. The molecule has 1 spiro atoms. The summed E-state index contributed by atoms with van der Waals surface area (Å²) in [5.74, 6) is 2.32. The number of hydrogen-bond donors (Lipinski definition) is 1. The van der Waals surface area contributed by atoms with Crippen molar-refractivity contribution in [1.29, 1.82) is 0 Å². The van der Waals surface area contributed by atoms with Crippen molar-refractivity contribution in [1.82, 2.24) is 5.32 Å². The molecule has 0 amide bonds. The highest BCUT2D eigenvalue weighted by atomic mass is 32.2. The van der Waals surface area contributed by atoms with Gasteiger partial charge in [-0.05, 0) is 31.6 Å². The Morgan fingerprint density at radius 3 is 2.88 bits per heavy atom. The van der Waals surface area contributed by atoms with Crippen molar-refractivity contribution < 1.29 is 0 Å². The van der Waals surface area contributed by atoms with E-state index in [1.54, 1.807) is 0 Å². The fourth-order valence-corrected chi connectivity index (χ4v) is 4.12. The number of rotatable bonds is 4. The van der Waals surface area contributed by atoms with E-state index in [4.69, 9.17) is 4.99 Å². The van der Waals surface area contributed by atoms with Gasteiger partial charge in [0.15, 0.2) is 5.17 Å². The molecule has 0 atom stereocenters. The number of nitrogens with zero attached hydrogens (tertiary/aromatic N) is 1. The summed E-state index contributed by atoms with van der Waals surface area (Å²) in [5, 5.41) is 4.92. The van der Waals surface area contributed by atoms with E-state index >= 15 is 0 Å². The zero-order valence-corrected chi connectivity index (χ0v) is 10.8. The summed E-state index contributed by atoms with van der Waals surface area (Å²) in [5.41, 5.74) is 0.444. The van der Waals surface area contributed by atoms with Crippen molar-refractivity contribution in [3.63, 3.8) is 0 Å². The van der Waals surface area contributed by atoms with E-state index in [-0.39, 0.29) is 0 Å². The van der Waals surface area contributed by atoms with Crippen LogP contribution in [0.15, 0.2) is 4.99 Å². The Kier molecular flexibility index (Phi) is 3.14. The first-order valence-electron chi connectivity index (χ1n) is 6.82. The quantitative estimate of drug-likeness (QED) is 0.761. The molecule has 2 saturated carbocycles. The summed E-state index contributed by atoms with van der Waals surface area (Å²) in [6.07, 6.45) is 11.2. The lowest BCUT2D eigenvalue weighted by molar-refractivity contribution is 0.452. The zero-order chi connectivity index (χ0) is 10.8. The van der Waals surface area contributed by atoms with Gasteiger partial charge in [0.2, 0.25) is 0 Å². The third-order valence-corrected chi connectivity index (χ3v) is 5.34. The summed E-state index contributed by atoms with van der Waals surface area (Å²) in [6.45, 7) is 1.04. The van der Waals surface area contributed by atoms with Gasteiger partial charge < -0.3 is 5.32 Å². The van der Waals surface area contributed by atoms with Crippen LogP contribution in [0.5, 0.6) is 0 Å². The number of nitrogens with one attached hydrogen (secondary N) is 1. The average Bonchev–Trinajstić information content (AvgIpc) is 2.87. The fraction of sp³-hybridized carbons (Fsp3) is 0.923. The van der Waals surface area contributed by atoms with Crippen LogP contribution in [0.2, 0.25) is 0 Å². The van der Waals surface area contributed by atoms with Crippen molar-refractivity contribution in [3.05, 3.63) is 0 Å². The lowest BCUT2D eigenvalue weighted by atomic mass is 10.0. The van der Waals surface area contributed by atoms with Gasteiger partial charge >= 0.3 is 0 Å². The molecular weight excluding hydrogens is 216 g/mol. The Labute approximate surface area is 103 Å². The van der Waals surface area contributed by atoms with Crippen molar-refractivity contribution in [2.24, 2.45) is 10.9 Å². The van der Waals surface area contributed by atoms with Crippen LogP contribution in [-0.2, 0) is 0 Å². The Balaban J connectivity index is 1.43. The van der Waals surface area contributed by atoms with Crippen LogP contribution in [0.25, 0.3) is 0 Å². The van der Waals surface area contributed by atoms with Crippen molar-refractivity contribution >= 4 is 16.9 Å². The Morgan fingerprint density at radius 2 is 2.12 bits per heavy atom. The average molecular weight is 238 g/mol. The van der Waals surface area contributed by atoms with E-state index < -0.39 is 0 Å². The molecule has 16 heavy (non-hydrogen) atoms. The molecule has 0 unspecified atom stereocenters. The maximum absolute atomic E-state index is 4.71. The summed E-state index contributed by atoms with van der Waals surface area (Å²) in [4.78, 5) is 4.71. The highest BCUT2D eigenvalue weighted by Crippen LogP contribution is 2.37. The molecule has 3 fully saturated rings. The van der Waals surface area contributed by atoms with E-state index in [0.717, 1.165) is 12.5 Å². The predicted molar refractivity (Wildman–Crippen MR) is 71.1 cm³/mol. The molecule has 3 aliphatic rings.